The van der Waals surface area contributed by atoms with Crippen molar-refractivity contribution in [1.29, 1.82) is 0 Å². The second-order valence-electron chi connectivity index (χ2n) is 18.1. The van der Waals surface area contributed by atoms with Gasteiger partial charge in [-0.3, -0.25) is 0 Å². The minimum atomic E-state index is -0.472. The highest BCUT2D eigenvalue weighted by Crippen LogP contribution is 2.45. The van der Waals surface area contributed by atoms with Crippen LogP contribution in [0.4, 0.5) is 0 Å². The number of benzene rings is 5. The molecular weight excluding hydrogens is 566 g/mol. The summed E-state index contributed by atoms with van der Waals surface area (Å²) >= 11 is 0. The topological polar surface area (TPSA) is 36.9 Å². The molecule has 7 rings (SSSR count). The molecule has 46 heavy (non-hydrogen) atoms. The van der Waals surface area contributed by atoms with Gasteiger partial charge in [-0.15, -0.1) is 0 Å². The van der Waals surface area contributed by atoms with Crippen LogP contribution in [0.5, 0.6) is 0 Å². The van der Waals surface area contributed by atoms with Gasteiger partial charge in [-0.05, 0) is 143 Å². The van der Waals surface area contributed by atoms with Crippen LogP contribution in [0.1, 0.15) is 108 Å². The van der Waals surface area contributed by atoms with Gasteiger partial charge in [0.2, 0.25) is 0 Å². The average molecular weight is 616 g/mol. The predicted octanol–water partition coefficient (Wildman–Crippen LogP) is 8.93. The lowest BCUT2D eigenvalue weighted by Gasteiger charge is -2.32. The molecule has 0 saturated carbocycles. The molecule has 0 radical (unpaired) electrons. The van der Waals surface area contributed by atoms with E-state index in [0.717, 1.165) is 16.3 Å². The van der Waals surface area contributed by atoms with Crippen molar-refractivity contribution in [2.75, 3.05) is 0 Å². The third kappa shape index (κ3) is 4.73. The maximum absolute atomic E-state index is 6.63. The Labute approximate surface area is 276 Å². The van der Waals surface area contributed by atoms with E-state index in [0.29, 0.717) is 0 Å². The van der Waals surface area contributed by atoms with E-state index in [1.54, 1.807) is 0 Å². The monoisotopic (exact) mass is 616 g/mol. The van der Waals surface area contributed by atoms with Gasteiger partial charge >= 0.3 is 14.2 Å². The van der Waals surface area contributed by atoms with Crippen molar-refractivity contribution in [3.63, 3.8) is 0 Å². The van der Waals surface area contributed by atoms with Crippen molar-refractivity contribution in [3.8, 4) is 0 Å². The van der Waals surface area contributed by atoms with Gasteiger partial charge in [0, 0.05) is 0 Å². The van der Waals surface area contributed by atoms with Crippen LogP contribution < -0.4 is 10.9 Å². The van der Waals surface area contributed by atoms with Gasteiger partial charge in [0.05, 0.1) is 22.4 Å². The zero-order valence-electron chi connectivity index (χ0n) is 30.4. The van der Waals surface area contributed by atoms with Crippen molar-refractivity contribution >= 4 is 68.3 Å². The maximum Gasteiger partial charge on any atom is 0.494 e. The summed E-state index contributed by atoms with van der Waals surface area (Å²) in [5, 5.41) is 9.98. The molecule has 4 nitrogen and oxygen atoms in total. The summed E-state index contributed by atoms with van der Waals surface area (Å²) in [6.07, 6.45) is 0. The Hall–Kier alpha value is -2.63. The Morgan fingerprint density at radius 3 is 1.00 bits per heavy atom. The smallest absolute Gasteiger partial charge is 0.399 e. The molecule has 5 aromatic carbocycles. The SMILES string of the molecule is CC(C)(C)c1cc2cc(C(C)(C)C)cc3c4cc(B5OC(C)(C)C(C)(C)O5)cc5cc(B6OC(C)(C)C(C)(C)O6)cc(c(c1)c23)c54. The third-order valence-electron chi connectivity index (χ3n) is 11.5. The lowest BCUT2D eigenvalue weighted by Crippen LogP contribution is -2.41. The first kappa shape index (κ1) is 31.9. The molecule has 0 bridgehead atoms. The Kier molecular flexibility index (Phi) is 6.60. The van der Waals surface area contributed by atoms with Crippen molar-refractivity contribution in [2.45, 2.75) is 130 Å². The van der Waals surface area contributed by atoms with Crippen LogP contribution in [0.15, 0.2) is 48.5 Å². The molecule has 2 saturated heterocycles. The minimum Gasteiger partial charge on any atom is -0.399 e. The Balaban J connectivity index is 1.62. The number of rotatable bonds is 2. The average Bonchev–Trinajstić information content (AvgIpc) is 3.28. The summed E-state index contributed by atoms with van der Waals surface area (Å²) in [5.41, 5.74) is 2.97. The fourth-order valence-electron chi connectivity index (χ4n) is 7.02. The second kappa shape index (κ2) is 9.50. The summed E-state index contributed by atoms with van der Waals surface area (Å²) in [5.74, 6) is 0. The zero-order valence-corrected chi connectivity index (χ0v) is 30.4. The van der Waals surface area contributed by atoms with E-state index in [1.807, 2.05) is 0 Å². The normalized spacial score (nSPS) is 21.1. The molecule has 0 N–H and O–H groups in total. The van der Waals surface area contributed by atoms with Gasteiger partial charge in [0.15, 0.2) is 0 Å². The summed E-state index contributed by atoms with van der Waals surface area (Å²) in [6.45, 7) is 30.8. The summed E-state index contributed by atoms with van der Waals surface area (Å²) in [7, 11) is -0.943. The van der Waals surface area contributed by atoms with Crippen LogP contribution >= 0.6 is 0 Å². The van der Waals surface area contributed by atoms with Crippen molar-refractivity contribution in [1.82, 2.24) is 0 Å². The highest BCUT2D eigenvalue weighted by Gasteiger charge is 2.53. The van der Waals surface area contributed by atoms with Gasteiger partial charge in [0.25, 0.3) is 0 Å². The van der Waals surface area contributed by atoms with E-state index in [1.165, 1.54) is 48.8 Å². The first-order valence-corrected chi connectivity index (χ1v) is 17.0. The quantitative estimate of drug-likeness (QED) is 0.113. The van der Waals surface area contributed by atoms with Crippen LogP contribution in [0.2, 0.25) is 0 Å². The van der Waals surface area contributed by atoms with Crippen molar-refractivity contribution in [2.24, 2.45) is 0 Å². The van der Waals surface area contributed by atoms with Crippen LogP contribution in [-0.2, 0) is 29.4 Å². The first-order valence-electron chi connectivity index (χ1n) is 17.0. The summed E-state index contributed by atoms with van der Waals surface area (Å²) in [4.78, 5) is 0. The maximum atomic E-state index is 6.63. The fourth-order valence-corrected chi connectivity index (χ4v) is 7.02. The largest absolute Gasteiger partial charge is 0.494 e. The molecule has 5 aromatic rings. The zero-order chi connectivity index (χ0) is 33.6. The van der Waals surface area contributed by atoms with E-state index in [2.05, 4.69) is 145 Å². The minimum absolute atomic E-state index is 0.00800. The molecule has 2 fully saturated rings. The molecule has 0 unspecified atom stereocenters. The van der Waals surface area contributed by atoms with E-state index >= 15 is 0 Å². The van der Waals surface area contributed by atoms with Gasteiger partial charge in [-0.25, -0.2) is 0 Å². The molecule has 0 amide bonds. The molecule has 0 aromatic heterocycles. The molecule has 0 aliphatic carbocycles. The Morgan fingerprint density at radius 2 is 0.696 bits per heavy atom. The molecule has 2 heterocycles. The highest BCUT2D eigenvalue weighted by atomic mass is 16.7. The van der Waals surface area contributed by atoms with Gasteiger partial charge in [-0.2, -0.15) is 0 Å². The second-order valence-corrected chi connectivity index (χ2v) is 18.1. The van der Waals surface area contributed by atoms with Crippen LogP contribution in [0.3, 0.4) is 0 Å². The number of fused-ring (bicyclic) bond motifs is 2. The number of hydrogen-bond donors (Lipinski definition) is 0. The van der Waals surface area contributed by atoms with E-state index in [4.69, 9.17) is 18.6 Å². The molecule has 0 atom stereocenters. The van der Waals surface area contributed by atoms with E-state index < -0.39 is 36.6 Å². The Bertz CT molecular complexity index is 1870. The summed E-state index contributed by atoms with van der Waals surface area (Å²) in [6, 6.07) is 18.9. The first-order chi connectivity index (χ1) is 21.0. The highest BCUT2D eigenvalue weighted by molar-refractivity contribution is 6.64. The van der Waals surface area contributed by atoms with E-state index in [9.17, 15) is 0 Å². The molecule has 6 heteroatoms. The van der Waals surface area contributed by atoms with E-state index in [-0.39, 0.29) is 10.8 Å². The van der Waals surface area contributed by atoms with Gasteiger partial charge in [-0.1, -0.05) is 77.9 Å². The fraction of sp³-hybridized carbons (Fsp3) is 0.500. The molecule has 240 valence electrons. The Morgan fingerprint density at radius 1 is 0.413 bits per heavy atom. The van der Waals surface area contributed by atoms with Gasteiger partial charge < -0.3 is 18.6 Å². The summed E-state index contributed by atoms with van der Waals surface area (Å²) < 4.78 is 26.5. The molecular formula is C40H50B2O4. The standard InChI is InChI=1S/C40H50B2O4/c1-35(2,3)25-15-23-16-26(36(4,5)6)20-30-32-22-28(42-45-39(11,12)40(13,14)46-42)18-24-17-27(41-43-37(7,8)38(9,10)44-41)21-31(34(24)32)29(19-25)33(23)30/h15-22H,1-14H3. The van der Waals surface area contributed by atoms with Crippen molar-refractivity contribution < 1.29 is 18.6 Å². The molecule has 2 aliphatic heterocycles. The third-order valence-corrected chi connectivity index (χ3v) is 11.5. The lowest BCUT2D eigenvalue weighted by atomic mass is 9.72. The van der Waals surface area contributed by atoms with Crippen LogP contribution in [-0.4, -0.2) is 36.6 Å². The van der Waals surface area contributed by atoms with Gasteiger partial charge in [0.1, 0.15) is 0 Å². The number of hydrogen-bond acceptors (Lipinski definition) is 4. The van der Waals surface area contributed by atoms with Crippen LogP contribution in [0, 0.1) is 0 Å². The van der Waals surface area contributed by atoms with Crippen molar-refractivity contribution in [3.05, 3.63) is 59.7 Å². The van der Waals surface area contributed by atoms with Crippen LogP contribution in [0.25, 0.3) is 43.1 Å². The lowest BCUT2D eigenvalue weighted by molar-refractivity contribution is 0.00578. The molecule has 2 aliphatic rings. The predicted molar refractivity (Wildman–Crippen MR) is 196 cm³/mol. The molecule has 0 spiro atoms.